The maximum atomic E-state index is 4.60. The maximum Gasteiger partial charge on any atom is 0.185 e. The molecule has 1 fully saturated rings. The van der Waals surface area contributed by atoms with Crippen molar-refractivity contribution in [2.75, 3.05) is 32.1 Å². The Bertz CT molecular complexity index is 424. The molecule has 5 heteroatoms. The summed E-state index contributed by atoms with van der Waals surface area (Å²) < 4.78 is 0. The molecule has 4 nitrogen and oxygen atoms in total. The first kappa shape index (κ1) is 15.7. The van der Waals surface area contributed by atoms with Gasteiger partial charge in [-0.3, -0.25) is 0 Å². The molecule has 0 aliphatic carbocycles. The molecule has 114 valence electrons. The summed E-state index contributed by atoms with van der Waals surface area (Å²) in [6, 6.07) is 0.600. The molecule has 0 spiro atoms. The number of likely N-dealkylation sites (tertiary alicyclic amines) is 1. The SMILES string of the molecule is CN1CCCC(N(C)c2ncc(CNC(C)(C)C)s2)C1. The van der Waals surface area contributed by atoms with Gasteiger partial charge in [0, 0.05) is 42.8 Å². The number of piperidine rings is 1. The van der Waals surface area contributed by atoms with Crippen molar-refractivity contribution in [2.24, 2.45) is 0 Å². The molecule has 0 amide bonds. The highest BCUT2D eigenvalue weighted by molar-refractivity contribution is 7.15. The van der Waals surface area contributed by atoms with Gasteiger partial charge in [-0.05, 0) is 47.2 Å². The first-order valence-electron chi connectivity index (χ1n) is 7.46. The van der Waals surface area contributed by atoms with Crippen LogP contribution in [0.5, 0.6) is 0 Å². The lowest BCUT2D eigenvalue weighted by atomic mass is 10.1. The van der Waals surface area contributed by atoms with E-state index in [1.54, 1.807) is 0 Å². The zero-order chi connectivity index (χ0) is 14.8. The minimum atomic E-state index is 0.155. The van der Waals surface area contributed by atoms with Gasteiger partial charge in [0.25, 0.3) is 0 Å². The van der Waals surface area contributed by atoms with Crippen molar-refractivity contribution in [1.82, 2.24) is 15.2 Å². The molecule has 2 heterocycles. The van der Waals surface area contributed by atoms with Gasteiger partial charge < -0.3 is 15.1 Å². The minimum absolute atomic E-state index is 0.155. The highest BCUT2D eigenvalue weighted by atomic mass is 32.1. The molecule has 1 unspecified atom stereocenters. The average molecular weight is 296 g/mol. The van der Waals surface area contributed by atoms with Crippen LogP contribution in [0.25, 0.3) is 0 Å². The number of anilines is 1. The van der Waals surface area contributed by atoms with Crippen molar-refractivity contribution >= 4 is 16.5 Å². The summed E-state index contributed by atoms with van der Waals surface area (Å²) in [7, 11) is 4.39. The number of thiazole rings is 1. The van der Waals surface area contributed by atoms with Crippen LogP contribution in [0.2, 0.25) is 0 Å². The van der Waals surface area contributed by atoms with E-state index < -0.39 is 0 Å². The van der Waals surface area contributed by atoms with Gasteiger partial charge in [-0.2, -0.15) is 0 Å². The Balaban J connectivity index is 1.93. The maximum absolute atomic E-state index is 4.60. The third-order valence-electron chi connectivity index (χ3n) is 3.78. The Morgan fingerprint density at radius 1 is 1.50 bits per heavy atom. The van der Waals surface area contributed by atoms with Gasteiger partial charge in [0.1, 0.15) is 0 Å². The summed E-state index contributed by atoms with van der Waals surface area (Å²) in [6.45, 7) is 9.85. The lowest BCUT2D eigenvalue weighted by Gasteiger charge is -2.35. The number of nitrogens with one attached hydrogen (secondary N) is 1. The topological polar surface area (TPSA) is 31.4 Å². The van der Waals surface area contributed by atoms with E-state index in [9.17, 15) is 0 Å². The van der Waals surface area contributed by atoms with E-state index in [0.717, 1.165) is 18.2 Å². The van der Waals surface area contributed by atoms with Gasteiger partial charge in [0.05, 0.1) is 0 Å². The van der Waals surface area contributed by atoms with Gasteiger partial charge in [0.2, 0.25) is 0 Å². The van der Waals surface area contributed by atoms with Crippen LogP contribution in [-0.4, -0.2) is 48.6 Å². The van der Waals surface area contributed by atoms with Crippen molar-refractivity contribution in [3.05, 3.63) is 11.1 Å². The summed E-state index contributed by atoms with van der Waals surface area (Å²) in [5, 5.41) is 4.67. The van der Waals surface area contributed by atoms with Gasteiger partial charge in [-0.1, -0.05) is 0 Å². The first-order valence-corrected chi connectivity index (χ1v) is 8.28. The normalized spacial score (nSPS) is 21.1. The van der Waals surface area contributed by atoms with Crippen molar-refractivity contribution in [1.29, 1.82) is 0 Å². The highest BCUT2D eigenvalue weighted by Gasteiger charge is 2.23. The first-order chi connectivity index (χ1) is 9.35. The fourth-order valence-corrected chi connectivity index (χ4v) is 3.39. The van der Waals surface area contributed by atoms with Gasteiger partial charge in [0.15, 0.2) is 5.13 Å². The molecule has 1 aromatic heterocycles. The lowest BCUT2D eigenvalue weighted by molar-refractivity contribution is 0.248. The summed E-state index contributed by atoms with van der Waals surface area (Å²) in [6.07, 6.45) is 4.58. The third-order valence-corrected chi connectivity index (χ3v) is 4.87. The fourth-order valence-electron chi connectivity index (χ4n) is 2.51. The second kappa shape index (κ2) is 6.41. The summed E-state index contributed by atoms with van der Waals surface area (Å²) in [5.74, 6) is 0. The van der Waals surface area contributed by atoms with Crippen molar-refractivity contribution in [3.8, 4) is 0 Å². The molecule has 1 aliphatic rings. The zero-order valence-electron chi connectivity index (χ0n) is 13.4. The second-order valence-electron chi connectivity index (χ2n) is 6.88. The molecule has 0 radical (unpaired) electrons. The Morgan fingerprint density at radius 3 is 2.90 bits per heavy atom. The number of aromatic nitrogens is 1. The van der Waals surface area contributed by atoms with Crippen LogP contribution in [0, 0.1) is 0 Å². The number of hydrogen-bond acceptors (Lipinski definition) is 5. The van der Waals surface area contributed by atoms with E-state index in [-0.39, 0.29) is 5.54 Å². The molecule has 0 aromatic carbocycles. The van der Waals surface area contributed by atoms with E-state index in [2.05, 4.69) is 55.0 Å². The van der Waals surface area contributed by atoms with E-state index >= 15 is 0 Å². The standard InChI is InChI=1S/C15H28N4S/c1-15(2,3)17-10-13-9-16-14(20-13)19(5)12-7-6-8-18(4)11-12/h9,12,17H,6-8,10-11H2,1-5H3. The fraction of sp³-hybridized carbons (Fsp3) is 0.800. The molecule has 1 aliphatic heterocycles. The van der Waals surface area contributed by atoms with Crippen LogP contribution in [0.1, 0.15) is 38.5 Å². The van der Waals surface area contributed by atoms with Crippen LogP contribution in [-0.2, 0) is 6.54 Å². The quantitative estimate of drug-likeness (QED) is 0.925. The lowest BCUT2D eigenvalue weighted by Crippen LogP contribution is -2.45. The minimum Gasteiger partial charge on any atom is -0.347 e. The zero-order valence-corrected chi connectivity index (χ0v) is 14.3. The van der Waals surface area contributed by atoms with Crippen molar-refractivity contribution in [3.63, 3.8) is 0 Å². The van der Waals surface area contributed by atoms with E-state index in [1.807, 2.05) is 17.5 Å². The second-order valence-corrected chi connectivity index (χ2v) is 7.98. The highest BCUT2D eigenvalue weighted by Crippen LogP contribution is 2.26. The molecule has 0 saturated carbocycles. The molecule has 1 aromatic rings. The molecular formula is C15H28N4S. The number of likely N-dealkylation sites (N-methyl/N-ethyl adjacent to an activating group) is 2. The molecular weight excluding hydrogens is 268 g/mol. The van der Waals surface area contributed by atoms with Gasteiger partial charge in [-0.15, -0.1) is 11.3 Å². The predicted molar refractivity (Wildman–Crippen MR) is 87.6 cm³/mol. The van der Waals surface area contributed by atoms with Crippen LogP contribution < -0.4 is 10.2 Å². The number of nitrogens with zero attached hydrogens (tertiary/aromatic N) is 3. The summed E-state index contributed by atoms with van der Waals surface area (Å²) in [4.78, 5) is 10.7. The van der Waals surface area contributed by atoms with Crippen molar-refractivity contribution in [2.45, 2.75) is 51.7 Å². The van der Waals surface area contributed by atoms with E-state index in [0.29, 0.717) is 6.04 Å². The van der Waals surface area contributed by atoms with Crippen molar-refractivity contribution < 1.29 is 0 Å². The van der Waals surface area contributed by atoms with Crippen LogP contribution in [0.3, 0.4) is 0 Å². The Kier molecular flexibility index (Phi) is 5.04. The number of rotatable bonds is 4. The molecule has 2 rings (SSSR count). The largest absolute Gasteiger partial charge is 0.347 e. The summed E-state index contributed by atoms with van der Waals surface area (Å²) in [5.41, 5.74) is 0.155. The average Bonchev–Trinajstić information content (AvgIpc) is 2.83. The third kappa shape index (κ3) is 4.43. The molecule has 1 N–H and O–H groups in total. The van der Waals surface area contributed by atoms with Crippen LogP contribution in [0.15, 0.2) is 6.20 Å². The molecule has 1 atom stereocenters. The van der Waals surface area contributed by atoms with Crippen LogP contribution >= 0.6 is 11.3 Å². The Labute approximate surface area is 127 Å². The monoisotopic (exact) mass is 296 g/mol. The molecule has 20 heavy (non-hydrogen) atoms. The molecule has 0 bridgehead atoms. The Hall–Kier alpha value is -0.650. The van der Waals surface area contributed by atoms with Gasteiger partial charge in [-0.25, -0.2) is 4.98 Å². The van der Waals surface area contributed by atoms with Gasteiger partial charge >= 0.3 is 0 Å². The summed E-state index contributed by atoms with van der Waals surface area (Å²) >= 11 is 1.81. The smallest absolute Gasteiger partial charge is 0.185 e. The van der Waals surface area contributed by atoms with E-state index in [1.165, 1.54) is 24.3 Å². The van der Waals surface area contributed by atoms with Crippen LogP contribution in [0.4, 0.5) is 5.13 Å². The number of hydrogen-bond donors (Lipinski definition) is 1. The van der Waals surface area contributed by atoms with E-state index in [4.69, 9.17) is 0 Å². The molecule has 1 saturated heterocycles. The Morgan fingerprint density at radius 2 is 2.25 bits per heavy atom. The predicted octanol–water partition coefficient (Wildman–Crippen LogP) is 2.56.